The van der Waals surface area contributed by atoms with Crippen LogP contribution in [0, 0.1) is 5.92 Å². The standard InChI is InChI=1S/C12H20N2O3/c1-9(2)10(13-12(16)17-3)11(15)14-7-5-4-6-8-14/h4-5,9-10H,6-8H2,1-3H3,(H,13,16). The first-order valence-electron chi connectivity index (χ1n) is 5.84. The van der Waals surface area contributed by atoms with Gasteiger partial charge in [0.2, 0.25) is 5.91 Å². The van der Waals surface area contributed by atoms with E-state index >= 15 is 0 Å². The van der Waals surface area contributed by atoms with Gasteiger partial charge >= 0.3 is 6.09 Å². The Morgan fingerprint density at radius 1 is 1.35 bits per heavy atom. The fourth-order valence-corrected chi connectivity index (χ4v) is 1.74. The summed E-state index contributed by atoms with van der Waals surface area (Å²) in [5.41, 5.74) is 0. The quantitative estimate of drug-likeness (QED) is 0.753. The van der Waals surface area contributed by atoms with Gasteiger partial charge in [-0.05, 0) is 12.3 Å². The average molecular weight is 240 g/mol. The predicted octanol–water partition coefficient (Wildman–Crippen LogP) is 1.16. The third-order valence-corrected chi connectivity index (χ3v) is 2.76. The van der Waals surface area contributed by atoms with Crippen LogP contribution in [0.1, 0.15) is 20.3 Å². The molecule has 0 saturated heterocycles. The fourth-order valence-electron chi connectivity index (χ4n) is 1.74. The molecule has 0 saturated carbocycles. The van der Waals surface area contributed by atoms with Gasteiger partial charge in [-0.1, -0.05) is 26.0 Å². The summed E-state index contributed by atoms with van der Waals surface area (Å²) in [6.45, 7) is 5.13. The number of amides is 2. The zero-order chi connectivity index (χ0) is 12.8. The van der Waals surface area contributed by atoms with Crippen molar-refractivity contribution < 1.29 is 14.3 Å². The smallest absolute Gasteiger partial charge is 0.407 e. The molecule has 5 nitrogen and oxygen atoms in total. The van der Waals surface area contributed by atoms with Crippen molar-refractivity contribution in [2.75, 3.05) is 20.2 Å². The molecule has 5 heteroatoms. The van der Waals surface area contributed by atoms with Crippen LogP contribution in [0.5, 0.6) is 0 Å². The molecule has 0 fully saturated rings. The van der Waals surface area contributed by atoms with Crippen molar-refractivity contribution in [3.63, 3.8) is 0 Å². The van der Waals surface area contributed by atoms with E-state index in [4.69, 9.17) is 0 Å². The molecule has 0 bridgehead atoms. The van der Waals surface area contributed by atoms with Crippen molar-refractivity contribution in [2.24, 2.45) is 5.92 Å². The Labute approximate surface area is 102 Å². The van der Waals surface area contributed by atoms with Crippen LogP contribution in [0.25, 0.3) is 0 Å². The van der Waals surface area contributed by atoms with E-state index in [-0.39, 0.29) is 11.8 Å². The van der Waals surface area contributed by atoms with E-state index in [1.165, 1.54) is 7.11 Å². The molecule has 1 unspecified atom stereocenters. The second-order valence-corrected chi connectivity index (χ2v) is 4.40. The molecule has 0 aromatic rings. The van der Waals surface area contributed by atoms with Crippen molar-refractivity contribution in [1.82, 2.24) is 10.2 Å². The van der Waals surface area contributed by atoms with E-state index in [9.17, 15) is 9.59 Å². The van der Waals surface area contributed by atoms with Crippen LogP contribution in [-0.4, -0.2) is 43.1 Å². The minimum Gasteiger partial charge on any atom is -0.453 e. The molecule has 17 heavy (non-hydrogen) atoms. The normalized spacial score (nSPS) is 16.8. The summed E-state index contributed by atoms with van der Waals surface area (Å²) < 4.78 is 4.53. The Morgan fingerprint density at radius 2 is 2.06 bits per heavy atom. The zero-order valence-corrected chi connectivity index (χ0v) is 10.6. The van der Waals surface area contributed by atoms with Gasteiger partial charge in [0.05, 0.1) is 7.11 Å². The lowest BCUT2D eigenvalue weighted by molar-refractivity contribution is -0.134. The van der Waals surface area contributed by atoms with Crippen LogP contribution in [-0.2, 0) is 9.53 Å². The Hall–Kier alpha value is -1.52. The molecule has 1 N–H and O–H groups in total. The molecule has 1 heterocycles. The largest absolute Gasteiger partial charge is 0.453 e. The second kappa shape index (κ2) is 6.27. The molecule has 1 aliphatic heterocycles. The molecule has 1 aliphatic rings. The lowest BCUT2D eigenvalue weighted by atomic mass is 10.0. The number of rotatable bonds is 3. The third-order valence-electron chi connectivity index (χ3n) is 2.76. The highest BCUT2D eigenvalue weighted by Crippen LogP contribution is 2.10. The van der Waals surface area contributed by atoms with E-state index in [0.717, 1.165) is 6.42 Å². The number of carbonyl (C=O) groups excluding carboxylic acids is 2. The maximum atomic E-state index is 12.2. The molecule has 1 atom stereocenters. The number of alkyl carbamates (subject to hydrolysis) is 1. The van der Waals surface area contributed by atoms with Gasteiger partial charge in [0, 0.05) is 13.1 Å². The number of methoxy groups -OCH3 is 1. The van der Waals surface area contributed by atoms with Crippen molar-refractivity contribution in [1.29, 1.82) is 0 Å². The molecule has 0 spiro atoms. The number of hydrogen-bond acceptors (Lipinski definition) is 3. The highest BCUT2D eigenvalue weighted by atomic mass is 16.5. The van der Waals surface area contributed by atoms with Crippen LogP contribution in [0.2, 0.25) is 0 Å². The van der Waals surface area contributed by atoms with Crippen molar-refractivity contribution in [3.8, 4) is 0 Å². The van der Waals surface area contributed by atoms with Crippen LogP contribution >= 0.6 is 0 Å². The van der Waals surface area contributed by atoms with Gasteiger partial charge in [0.1, 0.15) is 6.04 Å². The summed E-state index contributed by atoms with van der Waals surface area (Å²) in [5.74, 6) is -0.0118. The SMILES string of the molecule is COC(=O)NC(C(=O)N1CC=CCC1)C(C)C. The monoisotopic (exact) mass is 240 g/mol. The van der Waals surface area contributed by atoms with Crippen LogP contribution in [0.15, 0.2) is 12.2 Å². The number of hydrogen-bond donors (Lipinski definition) is 1. The van der Waals surface area contributed by atoms with Crippen LogP contribution in [0.4, 0.5) is 4.79 Å². The molecule has 0 radical (unpaired) electrons. The summed E-state index contributed by atoms with van der Waals surface area (Å²) in [5, 5.41) is 2.59. The molecular formula is C12H20N2O3. The zero-order valence-electron chi connectivity index (χ0n) is 10.6. The maximum Gasteiger partial charge on any atom is 0.407 e. The number of ether oxygens (including phenoxy) is 1. The van der Waals surface area contributed by atoms with Gasteiger partial charge in [-0.25, -0.2) is 4.79 Å². The Kier molecular flexibility index (Phi) is 5.00. The predicted molar refractivity (Wildman–Crippen MR) is 64.5 cm³/mol. The minimum absolute atomic E-state index is 0.0347. The van der Waals surface area contributed by atoms with E-state index in [1.54, 1.807) is 4.90 Å². The van der Waals surface area contributed by atoms with Gasteiger partial charge in [-0.2, -0.15) is 0 Å². The summed E-state index contributed by atoms with van der Waals surface area (Å²) in [6.07, 6.45) is 4.33. The van der Waals surface area contributed by atoms with Gasteiger partial charge in [0.15, 0.2) is 0 Å². The van der Waals surface area contributed by atoms with E-state index in [2.05, 4.69) is 16.1 Å². The van der Waals surface area contributed by atoms with E-state index < -0.39 is 12.1 Å². The topological polar surface area (TPSA) is 58.6 Å². The van der Waals surface area contributed by atoms with Crippen molar-refractivity contribution >= 4 is 12.0 Å². The molecule has 0 aromatic heterocycles. The molecular weight excluding hydrogens is 220 g/mol. The summed E-state index contributed by atoms with van der Waals surface area (Å²) in [4.78, 5) is 25.2. The van der Waals surface area contributed by atoms with Crippen molar-refractivity contribution in [2.45, 2.75) is 26.3 Å². The van der Waals surface area contributed by atoms with E-state index in [1.807, 2.05) is 19.9 Å². The number of carbonyl (C=O) groups is 2. The molecule has 96 valence electrons. The first-order valence-corrected chi connectivity index (χ1v) is 5.84. The van der Waals surface area contributed by atoms with E-state index in [0.29, 0.717) is 13.1 Å². The first-order chi connectivity index (χ1) is 8.06. The maximum absolute atomic E-state index is 12.2. The number of nitrogens with one attached hydrogen (secondary N) is 1. The average Bonchev–Trinajstić information content (AvgIpc) is 2.35. The summed E-state index contributed by atoms with van der Waals surface area (Å²) in [7, 11) is 1.29. The highest BCUT2D eigenvalue weighted by molar-refractivity contribution is 5.86. The minimum atomic E-state index is -0.565. The highest BCUT2D eigenvalue weighted by Gasteiger charge is 2.28. The molecule has 0 aromatic carbocycles. The number of nitrogens with zero attached hydrogens (tertiary/aromatic N) is 1. The lowest BCUT2D eigenvalue weighted by Crippen LogP contribution is -2.51. The first kappa shape index (κ1) is 13.5. The summed E-state index contributed by atoms with van der Waals surface area (Å²) >= 11 is 0. The third kappa shape index (κ3) is 3.76. The lowest BCUT2D eigenvalue weighted by Gasteiger charge is -2.30. The van der Waals surface area contributed by atoms with Gasteiger partial charge in [0.25, 0.3) is 0 Å². The van der Waals surface area contributed by atoms with Gasteiger partial charge < -0.3 is 15.0 Å². The second-order valence-electron chi connectivity index (χ2n) is 4.40. The molecule has 1 rings (SSSR count). The van der Waals surface area contributed by atoms with Gasteiger partial charge in [-0.15, -0.1) is 0 Å². The Bertz CT molecular complexity index is 313. The van der Waals surface area contributed by atoms with Crippen molar-refractivity contribution in [3.05, 3.63) is 12.2 Å². The summed E-state index contributed by atoms with van der Waals surface area (Å²) in [6, 6.07) is -0.519. The molecule has 2 amide bonds. The Balaban J connectivity index is 2.66. The molecule has 0 aliphatic carbocycles. The van der Waals surface area contributed by atoms with Gasteiger partial charge in [-0.3, -0.25) is 4.79 Å². The fraction of sp³-hybridized carbons (Fsp3) is 0.667. The van der Waals surface area contributed by atoms with Crippen LogP contribution in [0.3, 0.4) is 0 Å². The van der Waals surface area contributed by atoms with Crippen LogP contribution < -0.4 is 5.32 Å². The Morgan fingerprint density at radius 3 is 2.53 bits per heavy atom.